The molecule has 4 aromatic rings. The zero-order chi connectivity index (χ0) is 25.1. The van der Waals surface area contributed by atoms with Crippen molar-refractivity contribution in [3.8, 4) is 5.75 Å². The quantitative estimate of drug-likeness (QED) is 0.234. The first-order chi connectivity index (χ1) is 16.7. The summed E-state index contributed by atoms with van der Waals surface area (Å²) in [7, 11) is 0. The highest BCUT2D eigenvalue weighted by atomic mass is 79.9. The molecule has 11 heteroatoms. The first-order valence-corrected chi connectivity index (χ1v) is 12.9. The van der Waals surface area contributed by atoms with Crippen molar-refractivity contribution in [2.75, 3.05) is 11.9 Å². The van der Waals surface area contributed by atoms with Gasteiger partial charge in [0, 0.05) is 15.2 Å². The minimum Gasteiger partial charge on any atom is -0.481 e. The lowest BCUT2D eigenvalue weighted by molar-refractivity contribution is -0.118. The smallest absolute Gasteiger partial charge is 0.282 e. The van der Waals surface area contributed by atoms with Crippen molar-refractivity contribution in [2.45, 2.75) is 6.92 Å². The third kappa shape index (κ3) is 6.19. The maximum absolute atomic E-state index is 12.9. The molecule has 0 saturated carbocycles. The SMILES string of the molecule is Cc1nc2ccc(Br)cc2c(=O)n1N=Cc1cc(Br)c(OCC(=O)Nc2ccc(Cl)cc2)c(Br)c1. The monoisotopic (exact) mass is 680 g/mol. The maximum Gasteiger partial charge on any atom is 0.282 e. The summed E-state index contributed by atoms with van der Waals surface area (Å²) in [5.41, 5.74) is 1.65. The molecule has 0 unspecified atom stereocenters. The lowest BCUT2D eigenvalue weighted by Gasteiger charge is -2.12. The van der Waals surface area contributed by atoms with Crippen molar-refractivity contribution >= 4 is 88.1 Å². The number of hydrogen-bond donors (Lipinski definition) is 1. The van der Waals surface area contributed by atoms with Gasteiger partial charge in [0.25, 0.3) is 11.5 Å². The van der Waals surface area contributed by atoms with Gasteiger partial charge in [-0.2, -0.15) is 9.78 Å². The molecule has 178 valence electrons. The van der Waals surface area contributed by atoms with Crippen LogP contribution in [0.4, 0.5) is 5.69 Å². The highest BCUT2D eigenvalue weighted by Gasteiger charge is 2.12. The Morgan fingerprint density at radius 1 is 1.11 bits per heavy atom. The van der Waals surface area contributed by atoms with Crippen LogP contribution in [-0.4, -0.2) is 28.4 Å². The van der Waals surface area contributed by atoms with E-state index < -0.39 is 0 Å². The van der Waals surface area contributed by atoms with Crippen molar-refractivity contribution < 1.29 is 9.53 Å². The number of nitrogens with zero attached hydrogens (tertiary/aromatic N) is 3. The molecule has 7 nitrogen and oxygen atoms in total. The Kier molecular flexibility index (Phi) is 8.05. The summed E-state index contributed by atoms with van der Waals surface area (Å²) in [6.07, 6.45) is 1.55. The van der Waals surface area contributed by atoms with Gasteiger partial charge in [-0.25, -0.2) is 4.98 Å². The summed E-state index contributed by atoms with van der Waals surface area (Å²) in [5, 5.41) is 8.13. The van der Waals surface area contributed by atoms with Crippen LogP contribution >= 0.6 is 59.4 Å². The van der Waals surface area contributed by atoms with Crippen molar-refractivity contribution in [1.29, 1.82) is 0 Å². The molecule has 0 saturated heterocycles. The second kappa shape index (κ2) is 11.0. The number of fused-ring (bicyclic) bond motifs is 1. The van der Waals surface area contributed by atoms with E-state index in [0.29, 0.717) is 47.7 Å². The van der Waals surface area contributed by atoms with Crippen LogP contribution < -0.4 is 15.6 Å². The third-order valence-corrected chi connectivity index (χ3v) is 6.71. The summed E-state index contributed by atoms with van der Waals surface area (Å²) >= 11 is 16.2. The molecule has 1 N–H and O–H groups in total. The number of hydrogen-bond acceptors (Lipinski definition) is 5. The number of halogens is 4. The zero-order valence-corrected chi connectivity index (χ0v) is 23.6. The number of carbonyl (C=O) groups is 1. The highest BCUT2D eigenvalue weighted by Crippen LogP contribution is 2.34. The van der Waals surface area contributed by atoms with Gasteiger partial charge >= 0.3 is 0 Å². The van der Waals surface area contributed by atoms with Crippen LogP contribution in [0.2, 0.25) is 5.02 Å². The second-order valence-electron chi connectivity index (χ2n) is 7.34. The van der Waals surface area contributed by atoms with E-state index in [1.165, 1.54) is 4.68 Å². The number of rotatable bonds is 6. The molecular formula is C24H16Br3ClN4O3. The van der Waals surface area contributed by atoms with E-state index in [-0.39, 0.29) is 18.1 Å². The number of benzene rings is 3. The van der Waals surface area contributed by atoms with Gasteiger partial charge in [0.05, 0.1) is 26.1 Å². The Hall–Kier alpha value is -2.53. The van der Waals surface area contributed by atoms with E-state index in [1.807, 2.05) is 6.07 Å². The molecule has 4 rings (SSSR count). The van der Waals surface area contributed by atoms with Crippen LogP contribution in [0.3, 0.4) is 0 Å². The van der Waals surface area contributed by atoms with Crippen molar-refractivity contribution in [3.63, 3.8) is 0 Å². The van der Waals surface area contributed by atoms with Crippen molar-refractivity contribution in [1.82, 2.24) is 9.66 Å². The van der Waals surface area contributed by atoms with E-state index in [2.05, 4.69) is 63.2 Å². The molecule has 1 heterocycles. The first-order valence-electron chi connectivity index (χ1n) is 10.1. The predicted octanol–water partition coefficient (Wildman–Crippen LogP) is 6.55. The average molecular weight is 684 g/mol. The fourth-order valence-corrected chi connectivity index (χ4v) is 5.12. The molecule has 0 atom stereocenters. The average Bonchev–Trinajstić information content (AvgIpc) is 2.80. The predicted molar refractivity (Wildman–Crippen MR) is 149 cm³/mol. The molecule has 0 fully saturated rings. The van der Waals surface area contributed by atoms with Crippen molar-refractivity contribution in [3.05, 3.63) is 94.8 Å². The van der Waals surface area contributed by atoms with Gasteiger partial charge < -0.3 is 10.1 Å². The molecule has 35 heavy (non-hydrogen) atoms. The largest absolute Gasteiger partial charge is 0.481 e. The lowest BCUT2D eigenvalue weighted by Crippen LogP contribution is -2.20. The molecule has 0 aliphatic rings. The molecule has 0 spiro atoms. The molecule has 0 radical (unpaired) electrons. The summed E-state index contributed by atoms with van der Waals surface area (Å²) in [6.45, 7) is 1.53. The normalized spacial score (nSPS) is 11.2. The Labute approximate surface area is 230 Å². The van der Waals surface area contributed by atoms with Crippen LogP contribution in [-0.2, 0) is 4.79 Å². The van der Waals surface area contributed by atoms with Gasteiger partial charge in [0.1, 0.15) is 11.6 Å². The van der Waals surface area contributed by atoms with Gasteiger partial charge in [-0.1, -0.05) is 27.5 Å². The Bertz CT molecular complexity index is 1500. The number of aromatic nitrogens is 2. The molecule has 0 bridgehead atoms. The standard InChI is InChI=1S/C24H16Br3ClN4O3/c1-13-30-21-7-2-15(25)10-18(21)24(34)32(13)29-11-14-8-19(26)23(20(27)9-14)35-12-22(33)31-17-5-3-16(28)4-6-17/h2-11H,12H2,1H3,(H,31,33). The fraction of sp³-hybridized carbons (Fsp3) is 0.0833. The van der Waals surface area contributed by atoms with Crippen LogP contribution in [0.15, 0.2) is 77.9 Å². The third-order valence-electron chi connectivity index (χ3n) is 4.79. The summed E-state index contributed by atoms with van der Waals surface area (Å²) in [6, 6.07) is 15.7. The van der Waals surface area contributed by atoms with E-state index in [9.17, 15) is 9.59 Å². The zero-order valence-electron chi connectivity index (χ0n) is 18.1. The van der Waals surface area contributed by atoms with E-state index >= 15 is 0 Å². The number of amides is 1. The highest BCUT2D eigenvalue weighted by molar-refractivity contribution is 9.11. The number of anilines is 1. The topological polar surface area (TPSA) is 85.6 Å². The molecule has 3 aromatic carbocycles. The number of aryl methyl sites for hydroxylation is 1. The summed E-state index contributed by atoms with van der Waals surface area (Å²) in [5.74, 6) is 0.604. The molecule has 0 aliphatic carbocycles. The molecule has 0 aliphatic heterocycles. The van der Waals surface area contributed by atoms with Gasteiger partial charge in [0.15, 0.2) is 6.61 Å². The maximum atomic E-state index is 12.9. The minimum atomic E-state index is -0.318. The van der Waals surface area contributed by atoms with Crippen LogP contribution in [0.1, 0.15) is 11.4 Å². The fourth-order valence-electron chi connectivity index (χ4n) is 3.18. The van der Waals surface area contributed by atoms with Crippen LogP contribution in [0.25, 0.3) is 10.9 Å². The Morgan fingerprint density at radius 2 is 1.80 bits per heavy atom. The van der Waals surface area contributed by atoms with Gasteiger partial charge in [-0.05, 0) is 98.9 Å². The van der Waals surface area contributed by atoms with Crippen LogP contribution in [0.5, 0.6) is 5.75 Å². The van der Waals surface area contributed by atoms with E-state index in [0.717, 1.165) is 4.47 Å². The molecule has 1 amide bonds. The molecular weight excluding hydrogens is 667 g/mol. The summed E-state index contributed by atoms with van der Waals surface area (Å²) < 4.78 is 8.95. The number of ether oxygens (including phenoxy) is 1. The number of carbonyl (C=O) groups excluding carboxylic acids is 1. The van der Waals surface area contributed by atoms with Gasteiger partial charge in [-0.3, -0.25) is 9.59 Å². The van der Waals surface area contributed by atoms with Gasteiger partial charge in [0.2, 0.25) is 0 Å². The van der Waals surface area contributed by atoms with E-state index in [1.54, 1.807) is 61.7 Å². The minimum absolute atomic E-state index is 0.194. The molecule has 1 aromatic heterocycles. The summed E-state index contributed by atoms with van der Waals surface area (Å²) in [4.78, 5) is 29.6. The number of nitrogens with one attached hydrogen (secondary N) is 1. The van der Waals surface area contributed by atoms with Gasteiger partial charge in [-0.15, -0.1) is 0 Å². The Morgan fingerprint density at radius 3 is 2.49 bits per heavy atom. The van der Waals surface area contributed by atoms with E-state index in [4.69, 9.17) is 16.3 Å². The van der Waals surface area contributed by atoms with Crippen LogP contribution in [0, 0.1) is 6.92 Å². The van der Waals surface area contributed by atoms with Crippen molar-refractivity contribution in [2.24, 2.45) is 5.10 Å². The first kappa shape index (κ1) is 25.6. The second-order valence-corrected chi connectivity index (χ2v) is 10.4. The Balaban J connectivity index is 1.50. The lowest BCUT2D eigenvalue weighted by atomic mass is 10.2.